The summed E-state index contributed by atoms with van der Waals surface area (Å²) in [6.07, 6.45) is -1.95. The largest absolute Gasteiger partial charge is 0.416 e. The summed E-state index contributed by atoms with van der Waals surface area (Å²) in [5, 5.41) is 7.09. The summed E-state index contributed by atoms with van der Waals surface area (Å²) in [6.45, 7) is 2.32. The van der Waals surface area contributed by atoms with Gasteiger partial charge in [-0.1, -0.05) is 6.07 Å². The molecule has 2 N–H and O–H groups in total. The van der Waals surface area contributed by atoms with E-state index in [9.17, 15) is 13.2 Å². The van der Waals surface area contributed by atoms with Crippen molar-refractivity contribution < 1.29 is 13.2 Å². The Labute approximate surface area is 131 Å². The number of fused-ring (bicyclic) bond motifs is 1. The Morgan fingerprint density at radius 3 is 2.64 bits per heavy atom. The number of alkyl halides is 4. The Kier molecular flexibility index (Phi) is 5.85. The average Bonchev–Trinajstić information content (AvgIpc) is 2.49. The van der Waals surface area contributed by atoms with E-state index in [0.29, 0.717) is 16.8 Å². The van der Waals surface area contributed by atoms with Crippen LogP contribution in [0.2, 0.25) is 0 Å². The first-order chi connectivity index (χ1) is 10.5. The van der Waals surface area contributed by atoms with Crippen LogP contribution >= 0.6 is 11.6 Å². The van der Waals surface area contributed by atoms with Gasteiger partial charge < -0.3 is 10.6 Å². The van der Waals surface area contributed by atoms with E-state index in [1.54, 1.807) is 6.07 Å². The molecule has 0 saturated heterocycles. The molecule has 1 aromatic carbocycles. The molecule has 0 saturated carbocycles. The second-order valence-corrected chi connectivity index (χ2v) is 5.19. The highest BCUT2D eigenvalue weighted by Crippen LogP contribution is 2.32. The Bertz CT molecular complexity index is 616. The van der Waals surface area contributed by atoms with Gasteiger partial charge in [-0.05, 0) is 31.2 Å². The first-order valence-electron chi connectivity index (χ1n) is 6.99. The van der Waals surface area contributed by atoms with Crippen LogP contribution in [0.4, 0.5) is 18.9 Å². The van der Waals surface area contributed by atoms with E-state index in [4.69, 9.17) is 11.6 Å². The van der Waals surface area contributed by atoms with Gasteiger partial charge in [0.2, 0.25) is 0 Å². The van der Waals surface area contributed by atoms with Crippen LogP contribution in [0.25, 0.3) is 10.9 Å². The molecule has 0 aliphatic rings. The minimum Gasteiger partial charge on any atom is -0.384 e. The van der Waals surface area contributed by atoms with Crippen molar-refractivity contribution in [3.8, 4) is 0 Å². The maximum Gasteiger partial charge on any atom is 0.416 e. The fourth-order valence-electron chi connectivity index (χ4n) is 2.11. The number of halogens is 4. The summed E-state index contributed by atoms with van der Waals surface area (Å²) in [5.41, 5.74) is 0.436. The summed E-state index contributed by atoms with van der Waals surface area (Å²) in [5.74, 6) is 0.573. The van der Waals surface area contributed by atoms with E-state index in [0.717, 1.165) is 43.9 Å². The SMILES string of the molecule is FC(F)(F)c1ccc2c(NCCCNCCCl)ccnc2c1. The predicted octanol–water partition coefficient (Wildman–Crippen LogP) is 3.88. The van der Waals surface area contributed by atoms with Crippen molar-refractivity contribution in [3.63, 3.8) is 0 Å². The minimum atomic E-state index is -4.35. The maximum absolute atomic E-state index is 12.7. The molecule has 0 bridgehead atoms. The number of benzene rings is 1. The van der Waals surface area contributed by atoms with Crippen molar-refractivity contribution in [2.45, 2.75) is 12.6 Å². The van der Waals surface area contributed by atoms with Crippen LogP contribution in [0.3, 0.4) is 0 Å². The topological polar surface area (TPSA) is 37.0 Å². The molecule has 0 aliphatic carbocycles. The molecule has 2 rings (SSSR count). The van der Waals surface area contributed by atoms with Crippen LogP contribution in [0, 0.1) is 0 Å². The van der Waals surface area contributed by atoms with Gasteiger partial charge >= 0.3 is 6.18 Å². The van der Waals surface area contributed by atoms with E-state index < -0.39 is 11.7 Å². The third-order valence-corrected chi connectivity index (χ3v) is 3.38. The van der Waals surface area contributed by atoms with Crippen LogP contribution in [0.5, 0.6) is 0 Å². The lowest BCUT2D eigenvalue weighted by Crippen LogP contribution is -2.20. The standard InChI is InChI=1S/C15H17ClF3N3/c16-5-9-20-6-1-7-21-13-4-8-22-14-10-11(15(17,18)19)2-3-12(13)14/h2-4,8,10,20H,1,5-7,9H2,(H,21,22). The molecule has 22 heavy (non-hydrogen) atoms. The number of hydrogen-bond acceptors (Lipinski definition) is 3. The fraction of sp³-hybridized carbons (Fsp3) is 0.400. The third kappa shape index (κ3) is 4.48. The number of nitrogens with one attached hydrogen (secondary N) is 2. The van der Waals surface area contributed by atoms with Crippen molar-refractivity contribution in [3.05, 3.63) is 36.0 Å². The van der Waals surface area contributed by atoms with Gasteiger partial charge in [0.05, 0.1) is 11.1 Å². The highest BCUT2D eigenvalue weighted by Gasteiger charge is 2.30. The quantitative estimate of drug-likeness (QED) is 0.597. The number of pyridine rings is 1. The molecule has 1 heterocycles. The van der Waals surface area contributed by atoms with E-state index in [1.807, 2.05) is 0 Å². The molecule has 0 fully saturated rings. The van der Waals surface area contributed by atoms with Crippen LogP contribution in [0.1, 0.15) is 12.0 Å². The van der Waals surface area contributed by atoms with Crippen molar-refractivity contribution in [1.29, 1.82) is 0 Å². The van der Waals surface area contributed by atoms with Gasteiger partial charge in [-0.2, -0.15) is 13.2 Å². The number of anilines is 1. The summed E-state index contributed by atoms with van der Waals surface area (Å²) < 4.78 is 38.1. The molecule has 120 valence electrons. The van der Waals surface area contributed by atoms with Gasteiger partial charge in [-0.15, -0.1) is 11.6 Å². The number of rotatable bonds is 7. The van der Waals surface area contributed by atoms with E-state index in [1.165, 1.54) is 12.3 Å². The predicted molar refractivity (Wildman–Crippen MR) is 83.4 cm³/mol. The number of hydrogen-bond donors (Lipinski definition) is 2. The zero-order chi connectivity index (χ0) is 16.0. The van der Waals surface area contributed by atoms with Crippen molar-refractivity contribution in [1.82, 2.24) is 10.3 Å². The fourth-order valence-corrected chi connectivity index (χ4v) is 2.24. The van der Waals surface area contributed by atoms with Gasteiger partial charge in [0.1, 0.15) is 0 Å². The van der Waals surface area contributed by atoms with Gasteiger partial charge in [0.25, 0.3) is 0 Å². The Balaban J connectivity index is 2.05. The molecule has 0 radical (unpaired) electrons. The molecule has 0 atom stereocenters. The van der Waals surface area contributed by atoms with Crippen LogP contribution in [-0.4, -0.2) is 30.5 Å². The van der Waals surface area contributed by atoms with Crippen LogP contribution < -0.4 is 10.6 Å². The molecule has 7 heteroatoms. The number of nitrogens with zero attached hydrogens (tertiary/aromatic N) is 1. The summed E-state index contributed by atoms with van der Waals surface area (Å²) in [6, 6.07) is 5.38. The van der Waals surface area contributed by atoms with Gasteiger partial charge in [0.15, 0.2) is 0 Å². The lowest BCUT2D eigenvalue weighted by atomic mass is 10.1. The summed E-state index contributed by atoms with van der Waals surface area (Å²) >= 11 is 5.56. The van der Waals surface area contributed by atoms with Crippen LogP contribution in [-0.2, 0) is 6.18 Å². The lowest BCUT2D eigenvalue weighted by molar-refractivity contribution is -0.137. The van der Waals surface area contributed by atoms with E-state index in [-0.39, 0.29) is 0 Å². The maximum atomic E-state index is 12.7. The molecule has 0 amide bonds. The van der Waals surface area contributed by atoms with Crippen LogP contribution in [0.15, 0.2) is 30.5 Å². The van der Waals surface area contributed by atoms with Crippen molar-refractivity contribution >= 4 is 28.2 Å². The minimum absolute atomic E-state index is 0.333. The molecule has 0 unspecified atom stereocenters. The van der Waals surface area contributed by atoms with Gasteiger partial charge in [-0.25, -0.2) is 0 Å². The monoisotopic (exact) mass is 331 g/mol. The van der Waals surface area contributed by atoms with Crippen molar-refractivity contribution in [2.75, 3.05) is 30.8 Å². The van der Waals surface area contributed by atoms with E-state index in [2.05, 4.69) is 15.6 Å². The third-order valence-electron chi connectivity index (χ3n) is 3.19. The molecular weight excluding hydrogens is 315 g/mol. The zero-order valence-corrected chi connectivity index (χ0v) is 12.6. The van der Waals surface area contributed by atoms with Crippen molar-refractivity contribution in [2.24, 2.45) is 0 Å². The lowest BCUT2D eigenvalue weighted by Gasteiger charge is -2.11. The molecule has 3 nitrogen and oxygen atoms in total. The highest BCUT2D eigenvalue weighted by atomic mass is 35.5. The molecule has 1 aromatic heterocycles. The molecule has 0 aliphatic heterocycles. The Morgan fingerprint density at radius 2 is 1.91 bits per heavy atom. The number of aromatic nitrogens is 1. The zero-order valence-electron chi connectivity index (χ0n) is 11.9. The first-order valence-corrected chi connectivity index (χ1v) is 7.52. The smallest absolute Gasteiger partial charge is 0.384 e. The second kappa shape index (κ2) is 7.65. The first kappa shape index (κ1) is 16.8. The van der Waals surface area contributed by atoms with Gasteiger partial charge in [0, 0.05) is 36.2 Å². The molecule has 0 spiro atoms. The molecule has 2 aromatic rings. The Hall–Kier alpha value is -1.53. The average molecular weight is 332 g/mol. The molecular formula is C15H17ClF3N3. The highest BCUT2D eigenvalue weighted by molar-refractivity contribution is 6.18. The van der Waals surface area contributed by atoms with Gasteiger partial charge in [-0.3, -0.25) is 4.98 Å². The second-order valence-electron chi connectivity index (χ2n) is 4.81. The summed E-state index contributed by atoms with van der Waals surface area (Å²) in [4.78, 5) is 4.02. The Morgan fingerprint density at radius 1 is 1.09 bits per heavy atom. The normalized spacial score (nSPS) is 11.8. The van der Waals surface area contributed by atoms with E-state index >= 15 is 0 Å². The summed E-state index contributed by atoms with van der Waals surface area (Å²) in [7, 11) is 0.